The van der Waals surface area contributed by atoms with Gasteiger partial charge in [-0.05, 0) is 65.5 Å². The summed E-state index contributed by atoms with van der Waals surface area (Å²) in [6.45, 7) is 9.68. The van der Waals surface area contributed by atoms with Gasteiger partial charge in [-0.2, -0.15) is 0 Å². The van der Waals surface area contributed by atoms with E-state index in [0.717, 1.165) is 12.5 Å². The average molecular weight is 227 g/mol. The molecule has 0 atom stereocenters. The molecule has 1 heterocycles. The Morgan fingerprint density at radius 3 is 2.50 bits per heavy atom. The molecule has 1 aliphatic rings. The molecule has 0 radical (unpaired) electrons. The van der Waals surface area contributed by atoms with Crippen LogP contribution in [0.5, 0.6) is 0 Å². The quantitative estimate of drug-likeness (QED) is 0.706. The summed E-state index contributed by atoms with van der Waals surface area (Å²) in [5.74, 6) is 0.972. The van der Waals surface area contributed by atoms with E-state index in [0.29, 0.717) is 0 Å². The van der Waals surface area contributed by atoms with Gasteiger partial charge in [0.1, 0.15) is 0 Å². The Hall–Kier alpha value is -0.120. The minimum atomic E-state index is 0.972. The Labute approximate surface area is 101 Å². The summed E-state index contributed by atoms with van der Waals surface area (Å²) in [6.07, 6.45) is 4.21. The van der Waals surface area contributed by atoms with E-state index < -0.39 is 0 Å². The summed E-state index contributed by atoms with van der Waals surface area (Å²) in [5.41, 5.74) is 0. The van der Waals surface area contributed by atoms with E-state index in [1.165, 1.54) is 52.0 Å². The molecule has 0 bridgehead atoms. The lowest BCUT2D eigenvalue weighted by atomic mass is 9.93. The van der Waals surface area contributed by atoms with Gasteiger partial charge < -0.3 is 15.1 Å². The fourth-order valence-electron chi connectivity index (χ4n) is 2.41. The van der Waals surface area contributed by atoms with Crippen LogP contribution in [0.1, 0.15) is 26.2 Å². The number of piperidine rings is 1. The first-order valence-electron chi connectivity index (χ1n) is 6.81. The second-order valence-corrected chi connectivity index (χ2v) is 5.07. The van der Waals surface area contributed by atoms with Crippen molar-refractivity contribution < 1.29 is 0 Å². The summed E-state index contributed by atoms with van der Waals surface area (Å²) < 4.78 is 0. The van der Waals surface area contributed by atoms with Gasteiger partial charge in [0.2, 0.25) is 0 Å². The van der Waals surface area contributed by atoms with E-state index in [1.54, 1.807) is 0 Å². The zero-order valence-electron chi connectivity index (χ0n) is 11.3. The van der Waals surface area contributed by atoms with Crippen molar-refractivity contribution in [1.29, 1.82) is 0 Å². The van der Waals surface area contributed by atoms with Crippen molar-refractivity contribution in [3.8, 4) is 0 Å². The zero-order valence-corrected chi connectivity index (χ0v) is 11.3. The highest BCUT2D eigenvalue weighted by molar-refractivity contribution is 4.72. The molecule has 0 unspecified atom stereocenters. The van der Waals surface area contributed by atoms with E-state index in [4.69, 9.17) is 0 Å². The number of likely N-dealkylation sites (tertiary alicyclic amines) is 1. The largest absolute Gasteiger partial charge is 0.318 e. The SMILES string of the molecule is CCN1CCC(CCN(C)CCNC)CC1. The van der Waals surface area contributed by atoms with Crippen LogP contribution in [0.3, 0.4) is 0 Å². The standard InChI is InChI=1S/C13H29N3/c1-4-16-10-6-13(7-11-16)5-9-15(3)12-8-14-2/h13-14H,4-12H2,1-3H3. The molecule has 16 heavy (non-hydrogen) atoms. The number of likely N-dealkylation sites (N-methyl/N-ethyl adjacent to an activating group) is 2. The number of rotatable bonds is 7. The molecular weight excluding hydrogens is 198 g/mol. The maximum absolute atomic E-state index is 3.20. The Morgan fingerprint density at radius 1 is 1.25 bits per heavy atom. The third-order valence-electron chi connectivity index (χ3n) is 3.82. The second-order valence-electron chi connectivity index (χ2n) is 5.07. The molecule has 1 fully saturated rings. The van der Waals surface area contributed by atoms with E-state index in [2.05, 4.69) is 29.1 Å². The van der Waals surface area contributed by atoms with Gasteiger partial charge in [-0.15, -0.1) is 0 Å². The van der Waals surface area contributed by atoms with Crippen LogP contribution in [0.15, 0.2) is 0 Å². The first kappa shape index (κ1) is 13.9. The second kappa shape index (κ2) is 8.04. The summed E-state index contributed by atoms with van der Waals surface area (Å²) in [7, 11) is 4.26. The molecule has 0 aromatic rings. The molecule has 96 valence electrons. The predicted octanol–water partition coefficient (Wildman–Crippen LogP) is 1.26. The van der Waals surface area contributed by atoms with Crippen molar-refractivity contribution in [3.63, 3.8) is 0 Å². The van der Waals surface area contributed by atoms with Crippen molar-refractivity contribution in [1.82, 2.24) is 15.1 Å². The van der Waals surface area contributed by atoms with E-state index in [1.807, 2.05) is 7.05 Å². The topological polar surface area (TPSA) is 18.5 Å². The number of nitrogens with one attached hydrogen (secondary N) is 1. The van der Waals surface area contributed by atoms with Gasteiger partial charge in [0, 0.05) is 13.1 Å². The van der Waals surface area contributed by atoms with Crippen LogP contribution in [0, 0.1) is 5.92 Å². The maximum atomic E-state index is 3.20. The highest BCUT2D eigenvalue weighted by atomic mass is 15.1. The van der Waals surface area contributed by atoms with Crippen molar-refractivity contribution in [3.05, 3.63) is 0 Å². The summed E-state index contributed by atoms with van der Waals surface area (Å²) in [5, 5.41) is 3.20. The molecule has 1 N–H and O–H groups in total. The molecule has 0 saturated carbocycles. The van der Waals surface area contributed by atoms with Gasteiger partial charge in [-0.25, -0.2) is 0 Å². The molecule has 0 aromatic carbocycles. The fraction of sp³-hybridized carbons (Fsp3) is 1.00. The van der Waals surface area contributed by atoms with Gasteiger partial charge in [0.25, 0.3) is 0 Å². The van der Waals surface area contributed by atoms with Gasteiger partial charge in [-0.3, -0.25) is 0 Å². The third-order valence-corrected chi connectivity index (χ3v) is 3.82. The Morgan fingerprint density at radius 2 is 1.94 bits per heavy atom. The van der Waals surface area contributed by atoms with Crippen LogP contribution < -0.4 is 5.32 Å². The molecule has 1 rings (SSSR count). The van der Waals surface area contributed by atoms with E-state index >= 15 is 0 Å². The minimum absolute atomic E-state index is 0.972. The molecule has 3 heteroatoms. The van der Waals surface area contributed by atoms with Crippen LogP contribution in [-0.4, -0.2) is 63.2 Å². The maximum Gasteiger partial charge on any atom is 0.0104 e. The fourth-order valence-corrected chi connectivity index (χ4v) is 2.41. The number of hydrogen-bond acceptors (Lipinski definition) is 3. The zero-order chi connectivity index (χ0) is 11.8. The molecule has 3 nitrogen and oxygen atoms in total. The first-order valence-corrected chi connectivity index (χ1v) is 6.81. The van der Waals surface area contributed by atoms with Crippen LogP contribution in [0.2, 0.25) is 0 Å². The van der Waals surface area contributed by atoms with E-state index in [9.17, 15) is 0 Å². The van der Waals surface area contributed by atoms with Crippen molar-refractivity contribution >= 4 is 0 Å². The monoisotopic (exact) mass is 227 g/mol. The van der Waals surface area contributed by atoms with Gasteiger partial charge in [0.05, 0.1) is 0 Å². The minimum Gasteiger partial charge on any atom is -0.318 e. The molecule has 1 aliphatic heterocycles. The van der Waals surface area contributed by atoms with Crippen LogP contribution in [-0.2, 0) is 0 Å². The third kappa shape index (κ3) is 5.28. The number of nitrogens with zero attached hydrogens (tertiary/aromatic N) is 2. The van der Waals surface area contributed by atoms with Crippen molar-refractivity contribution in [2.45, 2.75) is 26.2 Å². The first-order chi connectivity index (χ1) is 7.76. The van der Waals surface area contributed by atoms with Crippen LogP contribution >= 0.6 is 0 Å². The average Bonchev–Trinajstić information content (AvgIpc) is 2.34. The lowest BCUT2D eigenvalue weighted by molar-refractivity contribution is 0.175. The molecular formula is C13H29N3. The molecule has 0 aromatic heterocycles. The Bertz CT molecular complexity index is 165. The summed E-state index contributed by atoms with van der Waals surface area (Å²) in [4.78, 5) is 5.02. The van der Waals surface area contributed by atoms with Gasteiger partial charge >= 0.3 is 0 Å². The normalized spacial score (nSPS) is 19.5. The Kier molecular flexibility index (Phi) is 7.01. The van der Waals surface area contributed by atoms with Crippen molar-refractivity contribution in [2.75, 3.05) is 53.4 Å². The molecule has 0 aliphatic carbocycles. The lowest BCUT2D eigenvalue weighted by Gasteiger charge is -2.31. The molecule has 1 saturated heterocycles. The van der Waals surface area contributed by atoms with Crippen LogP contribution in [0.4, 0.5) is 0 Å². The lowest BCUT2D eigenvalue weighted by Crippen LogP contribution is -2.35. The summed E-state index contributed by atoms with van der Waals surface area (Å²) >= 11 is 0. The van der Waals surface area contributed by atoms with Gasteiger partial charge in [-0.1, -0.05) is 6.92 Å². The van der Waals surface area contributed by atoms with Gasteiger partial charge in [0.15, 0.2) is 0 Å². The Balaban J connectivity index is 2.05. The number of hydrogen-bond donors (Lipinski definition) is 1. The van der Waals surface area contributed by atoms with Crippen LogP contribution in [0.25, 0.3) is 0 Å². The predicted molar refractivity (Wildman–Crippen MR) is 70.9 cm³/mol. The highest BCUT2D eigenvalue weighted by Crippen LogP contribution is 2.20. The molecule has 0 spiro atoms. The highest BCUT2D eigenvalue weighted by Gasteiger charge is 2.17. The van der Waals surface area contributed by atoms with Crippen molar-refractivity contribution in [2.24, 2.45) is 5.92 Å². The smallest absolute Gasteiger partial charge is 0.0104 e. The molecule has 0 amide bonds. The summed E-state index contributed by atoms with van der Waals surface area (Å²) in [6, 6.07) is 0. The van der Waals surface area contributed by atoms with E-state index in [-0.39, 0.29) is 0 Å².